The van der Waals surface area contributed by atoms with Crippen molar-refractivity contribution < 1.29 is 14.6 Å². The molecule has 0 aromatic heterocycles. The van der Waals surface area contributed by atoms with Crippen molar-refractivity contribution in [1.29, 1.82) is 0 Å². The van der Waals surface area contributed by atoms with Crippen molar-refractivity contribution in [2.24, 2.45) is 11.3 Å². The molecule has 0 saturated heterocycles. The fourth-order valence-corrected chi connectivity index (χ4v) is 3.78. The third kappa shape index (κ3) is 1.31. The quantitative estimate of drug-likeness (QED) is 0.529. The van der Waals surface area contributed by atoms with Gasteiger partial charge in [0.2, 0.25) is 0 Å². The molecule has 0 amide bonds. The Labute approximate surface area is 108 Å². The maximum Gasteiger partial charge on any atom is 0.334 e. The average molecular weight is 248 g/mol. The molecule has 3 heteroatoms. The van der Waals surface area contributed by atoms with Crippen LogP contribution < -0.4 is 0 Å². The van der Waals surface area contributed by atoms with E-state index in [0.717, 1.165) is 24.8 Å². The molecule has 2 aliphatic carbocycles. The lowest BCUT2D eigenvalue weighted by molar-refractivity contribution is -0.138. The number of hydrogen-bond donors (Lipinski definition) is 1. The van der Waals surface area contributed by atoms with Crippen molar-refractivity contribution in [2.45, 2.75) is 52.2 Å². The maximum absolute atomic E-state index is 11.7. The molecule has 18 heavy (non-hydrogen) atoms. The summed E-state index contributed by atoms with van der Waals surface area (Å²) in [5, 5.41) is 10.8. The van der Waals surface area contributed by atoms with Crippen LogP contribution in [-0.4, -0.2) is 23.3 Å². The molecule has 0 radical (unpaired) electrons. The van der Waals surface area contributed by atoms with E-state index in [9.17, 15) is 9.90 Å². The Morgan fingerprint density at radius 2 is 2.22 bits per heavy atom. The van der Waals surface area contributed by atoms with Gasteiger partial charge in [-0.2, -0.15) is 0 Å². The van der Waals surface area contributed by atoms with Gasteiger partial charge < -0.3 is 9.84 Å². The Morgan fingerprint density at radius 1 is 1.50 bits per heavy atom. The first kappa shape index (κ1) is 12.0. The lowest BCUT2D eigenvalue weighted by atomic mass is 9.57. The van der Waals surface area contributed by atoms with E-state index in [1.165, 1.54) is 5.57 Å². The zero-order valence-electron chi connectivity index (χ0n) is 11.2. The van der Waals surface area contributed by atoms with Crippen LogP contribution in [0.3, 0.4) is 0 Å². The monoisotopic (exact) mass is 248 g/mol. The summed E-state index contributed by atoms with van der Waals surface area (Å²) in [7, 11) is 0. The molecule has 98 valence electrons. The molecule has 3 aliphatic rings. The predicted molar refractivity (Wildman–Crippen MR) is 67.8 cm³/mol. The number of rotatable bonds is 0. The standard InChI is InChI=1S/C15H20O3/c1-8-5-4-6-10-7-11-12(9(2)14(17)18-11)13(16)15(8,10)3/h7-8,11,13,16H,4-6H2,1-3H3/t8-,11+,13-,15+/m0/s1. The predicted octanol–water partition coefficient (Wildman–Crippen LogP) is 2.36. The summed E-state index contributed by atoms with van der Waals surface area (Å²) in [6, 6.07) is 0. The topological polar surface area (TPSA) is 46.5 Å². The van der Waals surface area contributed by atoms with Crippen molar-refractivity contribution in [3.8, 4) is 0 Å². The third-order valence-electron chi connectivity index (χ3n) is 5.29. The Kier molecular flexibility index (Phi) is 2.46. The highest BCUT2D eigenvalue weighted by atomic mass is 16.5. The first-order valence-electron chi connectivity index (χ1n) is 6.77. The van der Waals surface area contributed by atoms with Crippen LogP contribution in [0.25, 0.3) is 0 Å². The average Bonchev–Trinajstić information content (AvgIpc) is 2.60. The molecule has 3 rings (SSSR count). The van der Waals surface area contributed by atoms with Crippen molar-refractivity contribution in [2.75, 3.05) is 0 Å². The van der Waals surface area contributed by atoms with Gasteiger partial charge in [-0.25, -0.2) is 4.79 Å². The van der Waals surface area contributed by atoms with E-state index >= 15 is 0 Å². The molecule has 0 bridgehead atoms. The summed E-state index contributed by atoms with van der Waals surface area (Å²) in [6.07, 6.45) is 4.49. The van der Waals surface area contributed by atoms with E-state index in [1.54, 1.807) is 6.92 Å². The van der Waals surface area contributed by atoms with Crippen molar-refractivity contribution in [1.82, 2.24) is 0 Å². The van der Waals surface area contributed by atoms with Crippen molar-refractivity contribution in [3.05, 3.63) is 22.8 Å². The first-order chi connectivity index (χ1) is 8.46. The zero-order chi connectivity index (χ0) is 13.1. The smallest absolute Gasteiger partial charge is 0.334 e. The summed E-state index contributed by atoms with van der Waals surface area (Å²) >= 11 is 0. The normalized spacial score (nSPS) is 43.2. The van der Waals surface area contributed by atoms with Gasteiger partial charge in [-0.05, 0) is 38.2 Å². The molecular weight excluding hydrogens is 228 g/mol. The van der Waals surface area contributed by atoms with Crippen LogP contribution in [0.5, 0.6) is 0 Å². The van der Waals surface area contributed by atoms with Gasteiger partial charge in [0.05, 0.1) is 6.10 Å². The minimum Gasteiger partial charge on any atom is -0.450 e. The Bertz CT molecular complexity index is 474. The minimum atomic E-state index is -0.579. The van der Waals surface area contributed by atoms with Gasteiger partial charge in [0.15, 0.2) is 0 Å². The molecule has 0 spiro atoms. The van der Waals surface area contributed by atoms with E-state index in [4.69, 9.17) is 4.74 Å². The van der Waals surface area contributed by atoms with E-state index in [1.807, 2.05) is 0 Å². The van der Waals surface area contributed by atoms with Gasteiger partial charge in [0.25, 0.3) is 0 Å². The molecular formula is C15H20O3. The van der Waals surface area contributed by atoms with Crippen molar-refractivity contribution >= 4 is 5.97 Å². The Hall–Kier alpha value is -1.09. The summed E-state index contributed by atoms with van der Waals surface area (Å²) in [6.45, 7) is 6.09. The van der Waals surface area contributed by atoms with Gasteiger partial charge in [-0.1, -0.05) is 19.4 Å². The Morgan fingerprint density at radius 3 is 2.94 bits per heavy atom. The highest BCUT2D eigenvalue weighted by Crippen LogP contribution is 2.53. The molecule has 1 fully saturated rings. The van der Waals surface area contributed by atoms with Crippen molar-refractivity contribution in [3.63, 3.8) is 0 Å². The number of carbonyl (C=O) groups excluding carboxylic acids is 1. The van der Waals surface area contributed by atoms with Crippen LogP contribution in [0, 0.1) is 11.3 Å². The lowest BCUT2D eigenvalue weighted by Crippen LogP contribution is -2.48. The summed E-state index contributed by atoms with van der Waals surface area (Å²) < 4.78 is 5.33. The first-order valence-corrected chi connectivity index (χ1v) is 6.77. The summed E-state index contributed by atoms with van der Waals surface area (Å²) in [5.41, 5.74) is 2.44. The lowest BCUT2D eigenvalue weighted by Gasteiger charge is -2.49. The highest BCUT2D eigenvalue weighted by Gasteiger charge is 2.52. The number of carbonyl (C=O) groups is 1. The van der Waals surface area contributed by atoms with Crippen LogP contribution >= 0.6 is 0 Å². The minimum absolute atomic E-state index is 0.223. The molecule has 1 saturated carbocycles. The van der Waals surface area contributed by atoms with Gasteiger partial charge in [0.1, 0.15) is 6.10 Å². The van der Waals surface area contributed by atoms with Gasteiger partial charge in [-0.3, -0.25) is 0 Å². The second kappa shape index (κ2) is 3.70. The number of hydrogen-bond acceptors (Lipinski definition) is 3. The number of ether oxygens (including phenoxy) is 1. The molecule has 1 aliphatic heterocycles. The van der Waals surface area contributed by atoms with Gasteiger partial charge >= 0.3 is 5.97 Å². The number of fused-ring (bicyclic) bond motifs is 2. The van der Waals surface area contributed by atoms with Gasteiger partial charge in [-0.15, -0.1) is 0 Å². The molecule has 0 unspecified atom stereocenters. The van der Waals surface area contributed by atoms with Gasteiger partial charge in [0, 0.05) is 16.6 Å². The second-order valence-corrected chi connectivity index (χ2v) is 6.08. The van der Waals surface area contributed by atoms with E-state index in [2.05, 4.69) is 19.9 Å². The molecule has 0 aromatic rings. The number of esters is 1. The zero-order valence-corrected chi connectivity index (χ0v) is 11.2. The summed E-state index contributed by atoms with van der Waals surface area (Å²) in [5.74, 6) is 0.158. The Balaban J connectivity index is 2.14. The van der Waals surface area contributed by atoms with Crippen LogP contribution in [-0.2, 0) is 9.53 Å². The molecule has 0 aromatic carbocycles. The van der Waals surface area contributed by atoms with E-state index in [-0.39, 0.29) is 17.5 Å². The maximum atomic E-state index is 11.7. The molecule has 1 N–H and O–H groups in total. The summed E-state index contributed by atoms with van der Waals surface area (Å²) in [4.78, 5) is 11.7. The fourth-order valence-electron chi connectivity index (χ4n) is 3.78. The van der Waals surface area contributed by atoms with Crippen LogP contribution in [0.15, 0.2) is 22.8 Å². The largest absolute Gasteiger partial charge is 0.450 e. The second-order valence-electron chi connectivity index (χ2n) is 6.08. The number of aliphatic hydroxyl groups is 1. The molecule has 3 nitrogen and oxygen atoms in total. The van der Waals surface area contributed by atoms with E-state index < -0.39 is 6.10 Å². The van der Waals surface area contributed by atoms with E-state index in [0.29, 0.717) is 11.5 Å². The van der Waals surface area contributed by atoms with Crippen LogP contribution in [0.2, 0.25) is 0 Å². The SMILES string of the molecule is CC1=C2[C@@H](C=C3CCC[C@H](C)[C@@]3(C)[C@H]2O)OC1=O. The van der Waals surface area contributed by atoms with Crippen LogP contribution in [0.1, 0.15) is 40.0 Å². The molecule has 4 atom stereocenters. The fraction of sp³-hybridized carbons (Fsp3) is 0.667. The van der Waals surface area contributed by atoms with Crippen LogP contribution in [0.4, 0.5) is 0 Å². The third-order valence-corrected chi connectivity index (χ3v) is 5.29. The molecule has 1 heterocycles. The highest BCUT2D eigenvalue weighted by molar-refractivity contribution is 5.92. The number of aliphatic hydroxyl groups excluding tert-OH is 1.